The standard InChI is InChI=1S/C14H17NO5/c1-20-10-4-5-12(16)11(7-10)13(17)15-6-2-3-9(8-15)14(18)19/h4-5,7,9,16H,2-3,6,8H2,1H3,(H,18,19)/t9-/m1/s1. The maximum absolute atomic E-state index is 12.4. The average Bonchev–Trinajstić information content (AvgIpc) is 2.47. The summed E-state index contributed by atoms with van der Waals surface area (Å²) in [4.78, 5) is 24.9. The summed E-state index contributed by atoms with van der Waals surface area (Å²) in [6.45, 7) is 0.671. The van der Waals surface area contributed by atoms with Gasteiger partial charge in [-0.25, -0.2) is 0 Å². The third kappa shape index (κ3) is 2.84. The molecule has 0 unspecified atom stereocenters. The molecule has 0 aliphatic carbocycles. The minimum atomic E-state index is -0.891. The second kappa shape index (κ2) is 5.81. The third-order valence-corrected chi connectivity index (χ3v) is 3.49. The Labute approximate surface area is 116 Å². The van der Waals surface area contributed by atoms with E-state index in [0.29, 0.717) is 25.1 Å². The van der Waals surface area contributed by atoms with Gasteiger partial charge in [0.2, 0.25) is 0 Å². The molecule has 1 aromatic rings. The van der Waals surface area contributed by atoms with Gasteiger partial charge in [-0.05, 0) is 31.0 Å². The van der Waals surface area contributed by atoms with E-state index >= 15 is 0 Å². The minimum absolute atomic E-state index is 0.131. The van der Waals surface area contributed by atoms with Crippen LogP contribution in [0.4, 0.5) is 0 Å². The van der Waals surface area contributed by atoms with E-state index < -0.39 is 11.9 Å². The number of nitrogens with zero attached hydrogens (tertiary/aromatic N) is 1. The largest absolute Gasteiger partial charge is 0.507 e. The number of carboxylic acid groups (broad SMARTS) is 1. The zero-order valence-corrected chi connectivity index (χ0v) is 11.2. The quantitative estimate of drug-likeness (QED) is 0.871. The van der Waals surface area contributed by atoms with Crippen molar-refractivity contribution in [3.05, 3.63) is 23.8 Å². The molecule has 20 heavy (non-hydrogen) atoms. The highest BCUT2D eigenvalue weighted by atomic mass is 16.5. The molecular weight excluding hydrogens is 262 g/mol. The molecule has 2 rings (SSSR count). The normalized spacial score (nSPS) is 18.6. The Bertz CT molecular complexity index is 528. The number of aromatic hydroxyl groups is 1. The number of carboxylic acids is 1. The molecule has 1 aromatic carbocycles. The van der Waals surface area contributed by atoms with Gasteiger partial charge in [0.15, 0.2) is 0 Å². The molecule has 1 aliphatic rings. The number of hydrogen-bond donors (Lipinski definition) is 2. The number of amides is 1. The summed E-state index contributed by atoms with van der Waals surface area (Å²) in [5.41, 5.74) is 0.135. The monoisotopic (exact) mass is 279 g/mol. The summed E-state index contributed by atoms with van der Waals surface area (Å²) in [6, 6.07) is 4.41. The number of carbonyl (C=O) groups excluding carboxylic acids is 1. The molecule has 1 aliphatic heterocycles. The van der Waals surface area contributed by atoms with E-state index in [0.717, 1.165) is 0 Å². The maximum Gasteiger partial charge on any atom is 0.308 e. The Hall–Kier alpha value is -2.24. The fourth-order valence-corrected chi connectivity index (χ4v) is 2.35. The molecule has 1 amide bonds. The molecule has 1 heterocycles. The number of methoxy groups -OCH3 is 1. The molecule has 0 spiro atoms. The van der Waals surface area contributed by atoms with Crippen LogP contribution in [0.5, 0.6) is 11.5 Å². The highest BCUT2D eigenvalue weighted by Crippen LogP contribution is 2.26. The predicted molar refractivity (Wildman–Crippen MR) is 70.9 cm³/mol. The van der Waals surface area contributed by atoms with E-state index in [4.69, 9.17) is 9.84 Å². The van der Waals surface area contributed by atoms with Crippen molar-refractivity contribution in [3.8, 4) is 11.5 Å². The first kappa shape index (κ1) is 14.2. The van der Waals surface area contributed by atoms with Crippen molar-refractivity contribution in [2.45, 2.75) is 12.8 Å². The van der Waals surface area contributed by atoms with E-state index in [1.807, 2.05) is 0 Å². The highest BCUT2D eigenvalue weighted by molar-refractivity contribution is 5.97. The van der Waals surface area contributed by atoms with Gasteiger partial charge in [-0.1, -0.05) is 0 Å². The second-order valence-electron chi connectivity index (χ2n) is 4.81. The van der Waals surface area contributed by atoms with Gasteiger partial charge < -0.3 is 19.8 Å². The molecular formula is C14H17NO5. The lowest BCUT2D eigenvalue weighted by molar-refractivity contribution is -0.143. The van der Waals surface area contributed by atoms with Crippen LogP contribution >= 0.6 is 0 Å². The van der Waals surface area contributed by atoms with Crippen molar-refractivity contribution in [1.82, 2.24) is 4.90 Å². The Morgan fingerprint density at radius 1 is 1.40 bits per heavy atom. The fraction of sp³-hybridized carbons (Fsp3) is 0.429. The number of benzene rings is 1. The number of phenols is 1. The van der Waals surface area contributed by atoms with E-state index in [2.05, 4.69) is 0 Å². The van der Waals surface area contributed by atoms with Crippen LogP contribution in [0.2, 0.25) is 0 Å². The minimum Gasteiger partial charge on any atom is -0.507 e. The number of rotatable bonds is 3. The average molecular weight is 279 g/mol. The topological polar surface area (TPSA) is 87.1 Å². The summed E-state index contributed by atoms with van der Waals surface area (Å²) >= 11 is 0. The lowest BCUT2D eigenvalue weighted by atomic mass is 9.97. The number of likely N-dealkylation sites (tertiary alicyclic amines) is 1. The summed E-state index contributed by atoms with van der Waals surface area (Å²) in [6.07, 6.45) is 1.22. The summed E-state index contributed by atoms with van der Waals surface area (Å²) in [5.74, 6) is -1.46. The SMILES string of the molecule is COc1ccc(O)c(C(=O)N2CCC[C@@H](C(=O)O)C2)c1. The summed E-state index contributed by atoms with van der Waals surface area (Å²) in [5, 5.41) is 18.8. The van der Waals surface area contributed by atoms with Crippen molar-refractivity contribution >= 4 is 11.9 Å². The number of ether oxygens (including phenoxy) is 1. The number of phenolic OH excluding ortho intramolecular Hbond substituents is 1. The number of hydrogen-bond acceptors (Lipinski definition) is 4. The number of aliphatic carboxylic acids is 1. The first-order chi connectivity index (χ1) is 9.52. The van der Waals surface area contributed by atoms with Gasteiger partial charge in [-0.3, -0.25) is 9.59 Å². The van der Waals surface area contributed by atoms with Crippen LogP contribution in [0.1, 0.15) is 23.2 Å². The Kier molecular flexibility index (Phi) is 4.12. The maximum atomic E-state index is 12.4. The fourth-order valence-electron chi connectivity index (χ4n) is 2.35. The zero-order valence-electron chi connectivity index (χ0n) is 11.2. The highest BCUT2D eigenvalue weighted by Gasteiger charge is 2.29. The van der Waals surface area contributed by atoms with Gasteiger partial charge in [-0.15, -0.1) is 0 Å². The van der Waals surface area contributed by atoms with E-state index in [-0.39, 0.29) is 23.8 Å². The van der Waals surface area contributed by atoms with Gasteiger partial charge >= 0.3 is 5.97 Å². The van der Waals surface area contributed by atoms with Gasteiger partial charge in [0, 0.05) is 13.1 Å². The third-order valence-electron chi connectivity index (χ3n) is 3.49. The zero-order chi connectivity index (χ0) is 14.7. The molecule has 6 heteroatoms. The molecule has 1 fully saturated rings. The van der Waals surface area contributed by atoms with Crippen LogP contribution in [0, 0.1) is 5.92 Å². The molecule has 6 nitrogen and oxygen atoms in total. The molecule has 0 aromatic heterocycles. The van der Waals surface area contributed by atoms with Crippen molar-refractivity contribution < 1.29 is 24.5 Å². The summed E-state index contributed by atoms with van der Waals surface area (Å²) in [7, 11) is 1.47. The van der Waals surface area contributed by atoms with Crippen LogP contribution in [0.25, 0.3) is 0 Å². The van der Waals surface area contributed by atoms with Crippen LogP contribution < -0.4 is 4.74 Å². The Morgan fingerprint density at radius 3 is 2.80 bits per heavy atom. The van der Waals surface area contributed by atoms with Gasteiger partial charge in [0.1, 0.15) is 11.5 Å². The summed E-state index contributed by atoms with van der Waals surface area (Å²) < 4.78 is 5.03. The van der Waals surface area contributed by atoms with Crippen molar-refractivity contribution in [2.75, 3.05) is 20.2 Å². The number of carbonyl (C=O) groups is 2. The molecule has 1 saturated heterocycles. The molecule has 2 N–H and O–H groups in total. The molecule has 108 valence electrons. The van der Waals surface area contributed by atoms with Crippen LogP contribution in [-0.4, -0.2) is 47.2 Å². The molecule has 1 atom stereocenters. The lowest BCUT2D eigenvalue weighted by Crippen LogP contribution is -2.42. The first-order valence-electron chi connectivity index (χ1n) is 6.42. The van der Waals surface area contributed by atoms with Gasteiger partial charge in [0.25, 0.3) is 5.91 Å². The Morgan fingerprint density at radius 2 is 2.15 bits per heavy atom. The smallest absolute Gasteiger partial charge is 0.308 e. The van der Waals surface area contributed by atoms with Crippen LogP contribution in [0.15, 0.2) is 18.2 Å². The molecule has 0 saturated carbocycles. The van der Waals surface area contributed by atoms with Crippen molar-refractivity contribution in [3.63, 3.8) is 0 Å². The van der Waals surface area contributed by atoms with Crippen molar-refractivity contribution in [1.29, 1.82) is 0 Å². The molecule has 0 bridgehead atoms. The van der Waals surface area contributed by atoms with Crippen LogP contribution in [0.3, 0.4) is 0 Å². The van der Waals surface area contributed by atoms with Gasteiger partial charge in [0.05, 0.1) is 18.6 Å². The molecule has 0 radical (unpaired) electrons. The lowest BCUT2D eigenvalue weighted by Gasteiger charge is -2.31. The van der Waals surface area contributed by atoms with Gasteiger partial charge in [-0.2, -0.15) is 0 Å². The van der Waals surface area contributed by atoms with Crippen molar-refractivity contribution in [2.24, 2.45) is 5.92 Å². The van der Waals surface area contributed by atoms with E-state index in [1.165, 1.54) is 24.1 Å². The predicted octanol–water partition coefficient (Wildman–Crippen LogP) is 1.34. The second-order valence-corrected chi connectivity index (χ2v) is 4.81. The first-order valence-corrected chi connectivity index (χ1v) is 6.42. The van der Waals surface area contributed by atoms with E-state index in [1.54, 1.807) is 6.07 Å². The van der Waals surface area contributed by atoms with E-state index in [9.17, 15) is 14.7 Å². The number of piperidine rings is 1. The Balaban J connectivity index is 2.20. The van der Waals surface area contributed by atoms with Crippen LogP contribution in [-0.2, 0) is 4.79 Å².